The molecule has 3 aromatic rings. The molecule has 8 heteroatoms. The van der Waals surface area contributed by atoms with Gasteiger partial charge in [0.2, 0.25) is 5.91 Å². The molecular formula is C19H21ClN4OS2. The standard InChI is InChI=1S/C19H21ClN4OS2/c1-4-16-9-13(10-26-16)18-22-23-19(24(18)12(2)3)27-11-17(25)21-15-7-5-14(20)6-8-15/h5-10,12H,4,11H2,1-3H3,(H,21,25). The van der Waals surface area contributed by atoms with Crippen molar-refractivity contribution in [1.29, 1.82) is 0 Å². The van der Waals surface area contributed by atoms with Crippen LogP contribution in [0.25, 0.3) is 11.4 Å². The molecule has 27 heavy (non-hydrogen) atoms. The molecule has 0 radical (unpaired) electrons. The average Bonchev–Trinajstić information content (AvgIpc) is 3.28. The van der Waals surface area contributed by atoms with E-state index in [0.717, 1.165) is 28.7 Å². The van der Waals surface area contributed by atoms with E-state index in [1.54, 1.807) is 35.6 Å². The van der Waals surface area contributed by atoms with Crippen LogP contribution in [-0.4, -0.2) is 26.4 Å². The summed E-state index contributed by atoms with van der Waals surface area (Å²) in [6, 6.07) is 9.41. The quantitative estimate of drug-likeness (QED) is 0.510. The summed E-state index contributed by atoms with van der Waals surface area (Å²) in [6.07, 6.45) is 1.01. The molecule has 3 rings (SSSR count). The summed E-state index contributed by atoms with van der Waals surface area (Å²) in [7, 11) is 0. The topological polar surface area (TPSA) is 59.8 Å². The van der Waals surface area contributed by atoms with Crippen LogP contribution in [-0.2, 0) is 11.2 Å². The molecule has 0 aliphatic rings. The van der Waals surface area contributed by atoms with E-state index in [-0.39, 0.29) is 17.7 Å². The summed E-state index contributed by atoms with van der Waals surface area (Å²) < 4.78 is 2.09. The number of carbonyl (C=O) groups excluding carboxylic acids is 1. The van der Waals surface area contributed by atoms with Crippen molar-refractivity contribution < 1.29 is 4.79 Å². The van der Waals surface area contributed by atoms with E-state index in [2.05, 4.69) is 52.3 Å². The number of hydrogen-bond acceptors (Lipinski definition) is 5. The first-order chi connectivity index (χ1) is 13.0. The summed E-state index contributed by atoms with van der Waals surface area (Å²) in [5, 5.41) is 15.1. The first-order valence-electron chi connectivity index (χ1n) is 8.68. The number of aryl methyl sites for hydroxylation is 1. The number of halogens is 1. The van der Waals surface area contributed by atoms with Gasteiger partial charge in [0, 0.05) is 32.6 Å². The summed E-state index contributed by atoms with van der Waals surface area (Å²) >= 11 is 8.99. The number of thioether (sulfide) groups is 1. The van der Waals surface area contributed by atoms with Crippen molar-refractivity contribution in [3.05, 3.63) is 45.6 Å². The second-order valence-corrected chi connectivity index (χ2v) is 8.64. The second kappa shape index (κ2) is 8.91. The predicted molar refractivity (Wildman–Crippen MR) is 114 cm³/mol. The highest BCUT2D eigenvalue weighted by molar-refractivity contribution is 7.99. The molecule has 0 spiro atoms. The first-order valence-corrected chi connectivity index (χ1v) is 10.9. The van der Waals surface area contributed by atoms with Gasteiger partial charge in [-0.15, -0.1) is 21.5 Å². The van der Waals surface area contributed by atoms with Crippen molar-refractivity contribution >= 4 is 46.3 Å². The summed E-state index contributed by atoms with van der Waals surface area (Å²) in [5.41, 5.74) is 1.80. The molecule has 1 N–H and O–H groups in total. The molecule has 0 atom stereocenters. The monoisotopic (exact) mass is 420 g/mol. The Kier molecular flexibility index (Phi) is 6.57. The molecule has 0 saturated carbocycles. The van der Waals surface area contributed by atoms with E-state index >= 15 is 0 Å². The second-order valence-electron chi connectivity index (χ2n) is 6.27. The number of nitrogens with one attached hydrogen (secondary N) is 1. The van der Waals surface area contributed by atoms with Crippen LogP contribution in [0.15, 0.2) is 40.9 Å². The van der Waals surface area contributed by atoms with Crippen molar-refractivity contribution in [2.75, 3.05) is 11.1 Å². The molecule has 0 unspecified atom stereocenters. The summed E-state index contributed by atoms with van der Waals surface area (Å²) in [5.74, 6) is 1.02. The zero-order chi connectivity index (χ0) is 19.4. The zero-order valence-electron chi connectivity index (χ0n) is 15.4. The number of benzene rings is 1. The summed E-state index contributed by atoms with van der Waals surface area (Å²) in [6.45, 7) is 6.33. The third kappa shape index (κ3) is 4.91. The maximum Gasteiger partial charge on any atom is 0.234 e. The summed E-state index contributed by atoms with van der Waals surface area (Å²) in [4.78, 5) is 13.6. The Morgan fingerprint density at radius 3 is 2.67 bits per heavy atom. The van der Waals surface area contributed by atoms with Crippen LogP contribution >= 0.6 is 34.7 Å². The van der Waals surface area contributed by atoms with E-state index in [9.17, 15) is 4.79 Å². The number of thiophene rings is 1. The van der Waals surface area contributed by atoms with E-state index in [0.29, 0.717) is 5.02 Å². The SMILES string of the molecule is CCc1cc(-c2nnc(SCC(=O)Nc3ccc(Cl)cc3)n2C(C)C)cs1. The van der Waals surface area contributed by atoms with Crippen LogP contribution < -0.4 is 5.32 Å². The normalized spacial score (nSPS) is 11.1. The third-order valence-electron chi connectivity index (χ3n) is 3.90. The molecule has 0 bridgehead atoms. The highest BCUT2D eigenvalue weighted by Gasteiger charge is 2.18. The van der Waals surface area contributed by atoms with Gasteiger partial charge in [-0.3, -0.25) is 9.36 Å². The Labute approximate surface area is 172 Å². The van der Waals surface area contributed by atoms with Crippen LogP contribution in [0.1, 0.15) is 31.7 Å². The lowest BCUT2D eigenvalue weighted by Gasteiger charge is -2.13. The minimum atomic E-state index is -0.0917. The number of amides is 1. The van der Waals surface area contributed by atoms with Crippen LogP contribution in [0.3, 0.4) is 0 Å². The fourth-order valence-electron chi connectivity index (χ4n) is 2.58. The van der Waals surface area contributed by atoms with Gasteiger partial charge in [-0.05, 0) is 50.6 Å². The molecule has 1 aromatic carbocycles. The Bertz CT molecular complexity index is 918. The largest absolute Gasteiger partial charge is 0.325 e. The molecule has 5 nitrogen and oxygen atoms in total. The number of rotatable bonds is 7. The lowest BCUT2D eigenvalue weighted by atomic mass is 10.2. The van der Waals surface area contributed by atoms with Gasteiger partial charge in [0.25, 0.3) is 0 Å². The Morgan fingerprint density at radius 1 is 1.30 bits per heavy atom. The fourth-order valence-corrected chi connectivity index (χ4v) is 4.39. The number of carbonyl (C=O) groups is 1. The maximum absolute atomic E-state index is 12.3. The van der Waals surface area contributed by atoms with E-state index in [4.69, 9.17) is 11.6 Å². The molecule has 0 aliphatic heterocycles. The van der Waals surface area contributed by atoms with Crippen molar-refractivity contribution in [3.63, 3.8) is 0 Å². The Morgan fingerprint density at radius 2 is 2.04 bits per heavy atom. The van der Waals surface area contributed by atoms with Gasteiger partial charge in [-0.2, -0.15) is 0 Å². The molecule has 1 amide bonds. The molecule has 2 heterocycles. The Balaban J connectivity index is 1.71. The van der Waals surface area contributed by atoms with Gasteiger partial charge in [-0.1, -0.05) is 30.3 Å². The van der Waals surface area contributed by atoms with Crippen LogP contribution in [0.5, 0.6) is 0 Å². The van der Waals surface area contributed by atoms with Gasteiger partial charge >= 0.3 is 0 Å². The Hall–Kier alpha value is -1.83. The number of aromatic nitrogens is 3. The van der Waals surface area contributed by atoms with Crippen LogP contribution in [0.4, 0.5) is 5.69 Å². The van der Waals surface area contributed by atoms with Crippen LogP contribution in [0, 0.1) is 0 Å². The minimum absolute atomic E-state index is 0.0917. The molecule has 0 aliphatic carbocycles. The van der Waals surface area contributed by atoms with Gasteiger partial charge in [0.15, 0.2) is 11.0 Å². The van der Waals surface area contributed by atoms with Crippen LogP contribution in [0.2, 0.25) is 5.02 Å². The zero-order valence-corrected chi connectivity index (χ0v) is 17.8. The molecule has 0 fully saturated rings. The minimum Gasteiger partial charge on any atom is -0.325 e. The van der Waals surface area contributed by atoms with Gasteiger partial charge in [0.1, 0.15) is 0 Å². The number of hydrogen-bond donors (Lipinski definition) is 1. The van der Waals surface area contributed by atoms with E-state index in [1.807, 2.05) is 0 Å². The number of anilines is 1. The van der Waals surface area contributed by atoms with Gasteiger partial charge < -0.3 is 5.32 Å². The van der Waals surface area contributed by atoms with E-state index in [1.165, 1.54) is 16.6 Å². The van der Waals surface area contributed by atoms with E-state index < -0.39 is 0 Å². The molecule has 2 aromatic heterocycles. The molecule has 142 valence electrons. The van der Waals surface area contributed by atoms with Crippen molar-refractivity contribution in [2.45, 2.75) is 38.4 Å². The lowest BCUT2D eigenvalue weighted by Crippen LogP contribution is -2.15. The number of nitrogens with zero attached hydrogens (tertiary/aromatic N) is 3. The van der Waals surface area contributed by atoms with Crippen molar-refractivity contribution in [1.82, 2.24) is 14.8 Å². The van der Waals surface area contributed by atoms with Crippen molar-refractivity contribution in [3.8, 4) is 11.4 Å². The maximum atomic E-state index is 12.3. The first kappa shape index (κ1) is 19.9. The lowest BCUT2D eigenvalue weighted by molar-refractivity contribution is -0.113. The van der Waals surface area contributed by atoms with Gasteiger partial charge in [-0.25, -0.2) is 0 Å². The smallest absolute Gasteiger partial charge is 0.234 e. The van der Waals surface area contributed by atoms with Gasteiger partial charge in [0.05, 0.1) is 5.75 Å². The molecule has 0 saturated heterocycles. The predicted octanol–water partition coefficient (Wildman–Crippen LogP) is 5.53. The highest BCUT2D eigenvalue weighted by Crippen LogP contribution is 2.30. The molecular weight excluding hydrogens is 400 g/mol. The highest BCUT2D eigenvalue weighted by atomic mass is 35.5. The fraction of sp³-hybridized carbons (Fsp3) is 0.316. The third-order valence-corrected chi connectivity index (χ3v) is 6.18. The van der Waals surface area contributed by atoms with Crippen molar-refractivity contribution in [2.24, 2.45) is 0 Å². The average molecular weight is 421 g/mol.